The number of amides is 3. The molecule has 0 heterocycles. The van der Waals surface area contributed by atoms with Gasteiger partial charge in [-0.25, -0.2) is 0 Å². The largest absolute Gasteiger partial charge is 0.497 e. The van der Waals surface area contributed by atoms with Gasteiger partial charge in [-0.05, 0) is 48.7 Å². The summed E-state index contributed by atoms with van der Waals surface area (Å²) in [6, 6.07) is 14.2. The zero-order chi connectivity index (χ0) is 20.6. The van der Waals surface area contributed by atoms with Crippen LogP contribution in [0.3, 0.4) is 0 Å². The van der Waals surface area contributed by atoms with Crippen LogP contribution in [0.5, 0.6) is 5.75 Å². The van der Waals surface area contributed by atoms with E-state index in [2.05, 4.69) is 16.0 Å². The summed E-state index contributed by atoms with van der Waals surface area (Å²) < 4.78 is 5.10. The second kappa shape index (κ2) is 9.54. The average molecular weight is 393 g/mol. The molecule has 2 aromatic carbocycles. The third-order valence-electron chi connectivity index (χ3n) is 4.32. The third kappa shape index (κ3) is 6.21. The molecule has 1 saturated carbocycles. The average Bonchev–Trinajstić information content (AvgIpc) is 3.55. The maximum atomic E-state index is 12.4. The van der Waals surface area contributed by atoms with Gasteiger partial charge in [0.2, 0.25) is 11.8 Å². The van der Waals surface area contributed by atoms with Crippen LogP contribution in [0.15, 0.2) is 54.6 Å². The summed E-state index contributed by atoms with van der Waals surface area (Å²) in [5, 5.41) is 8.09. The molecule has 1 aliphatic rings. The molecule has 0 atom stereocenters. The van der Waals surface area contributed by atoms with Gasteiger partial charge in [0, 0.05) is 12.1 Å². The number of hydrogen-bond acceptors (Lipinski definition) is 4. The van der Waals surface area contributed by atoms with E-state index in [0.717, 1.165) is 24.2 Å². The van der Waals surface area contributed by atoms with Crippen molar-refractivity contribution >= 4 is 29.5 Å². The minimum absolute atomic E-state index is 0.102. The van der Waals surface area contributed by atoms with Crippen molar-refractivity contribution in [3.8, 4) is 5.75 Å². The van der Waals surface area contributed by atoms with Crippen molar-refractivity contribution < 1.29 is 19.1 Å². The number of hydrogen-bond donors (Lipinski definition) is 3. The van der Waals surface area contributed by atoms with E-state index in [-0.39, 0.29) is 30.0 Å². The number of rotatable bonds is 8. The molecule has 0 saturated heterocycles. The molecule has 0 radical (unpaired) electrons. The number of methoxy groups -OCH3 is 1. The summed E-state index contributed by atoms with van der Waals surface area (Å²) in [5.41, 5.74) is 1.50. The highest BCUT2D eigenvalue weighted by molar-refractivity contribution is 6.08. The van der Waals surface area contributed by atoms with Crippen LogP contribution in [-0.4, -0.2) is 37.4 Å². The van der Waals surface area contributed by atoms with Gasteiger partial charge in [-0.2, -0.15) is 0 Å². The fraction of sp³-hybridized carbons (Fsp3) is 0.227. The molecule has 2 aromatic rings. The van der Waals surface area contributed by atoms with Crippen LogP contribution < -0.4 is 20.7 Å². The summed E-state index contributed by atoms with van der Waals surface area (Å²) >= 11 is 0. The van der Waals surface area contributed by atoms with Crippen LogP contribution in [-0.2, 0) is 9.59 Å². The lowest BCUT2D eigenvalue weighted by Crippen LogP contribution is -2.38. The van der Waals surface area contributed by atoms with Crippen LogP contribution in [0.25, 0.3) is 6.08 Å². The lowest BCUT2D eigenvalue weighted by atomic mass is 10.1. The molecular weight excluding hydrogens is 370 g/mol. The molecule has 3 N–H and O–H groups in total. The molecule has 7 heteroatoms. The number of anilines is 1. The van der Waals surface area contributed by atoms with Gasteiger partial charge in [0.05, 0.1) is 24.9 Å². The predicted molar refractivity (Wildman–Crippen MR) is 111 cm³/mol. The first-order valence-corrected chi connectivity index (χ1v) is 9.35. The van der Waals surface area contributed by atoms with Crippen LogP contribution in [0.4, 0.5) is 5.69 Å². The standard InChI is InChI=1S/C22H23N3O4/c1-29-17-11-6-15(7-12-17)8-13-20(26)25-19-5-3-2-4-18(19)22(28)23-14-21(27)24-16-9-10-16/h2-8,11-13,16H,9-10,14H2,1H3,(H,23,28)(H,24,27)(H,25,26)/b13-8+. The van der Waals surface area contributed by atoms with E-state index in [0.29, 0.717) is 5.69 Å². The van der Waals surface area contributed by atoms with Gasteiger partial charge in [0.1, 0.15) is 5.75 Å². The van der Waals surface area contributed by atoms with Gasteiger partial charge in [-0.1, -0.05) is 24.3 Å². The topological polar surface area (TPSA) is 96.5 Å². The second-order valence-electron chi connectivity index (χ2n) is 6.67. The van der Waals surface area contributed by atoms with Crippen molar-refractivity contribution in [3.05, 3.63) is 65.7 Å². The third-order valence-corrected chi connectivity index (χ3v) is 4.32. The van der Waals surface area contributed by atoms with Gasteiger partial charge < -0.3 is 20.7 Å². The van der Waals surface area contributed by atoms with Crippen molar-refractivity contribution in [1.29, 1.82) is 0 Å². The molecule has 0 bridgehead atoms. The van der Waals surface area contributed by atoms with E-state index in [9.17, 15) is 14.4 Å². The van der Waals surface area contributed by atoms with Gasteiger partial charge in [-0.3, -0.25) is 14.4 Å². The summed E-state index contributed by atoms with van der Waals surface area (Å²) in [6.07, 6.45) is 5.02. The van der Waals surface area contributed by atoms with E-state index in [4.69, 9.17) is 4.74 Å². The van der Waals surface area contributed by atoms with Crippen molar-refractivity contribution in [3.63, 3.8) is 0 Å². The Morgan fingerprint density at radius 1 is 1.07 bits per heavy atom. The molecule has 3 rings (SSSR count). The summed E-state index contributed by atoms with van der Waals surface area (Å²) in [6.45, 7) is -0.102. The second-order valence-corrected chi connectivity index (χ2v) is 6.67. The zero-order valence-corrected chi connectivity index (χ0v) is 16.1. The molecular formula is C22H23N3O4. The molecule has 1 aliphatic carbocycles. The van der Waals surface area contributed by atoms with Crippen molar-refractivity contribution in [1.82, 2.24) is 10.6 Å². The fourth-order valence-electron chi connectivity index (χ4n) is 2.61. The molecule has 0 aliphatic heterocycles. The first-order chi connectivity index (χ1) is 14.0. The Morgan fingerprint density at radius 3 is 2.48 bits per heavy atom. The Labute approximate surface area is 169 Å². The number of carbonyl (C=O) groups is 3. The van der Waals surface area contributed by atoms with Crippen molar-refractivity contribution in [2.75, 3.05) is 19.0 Å². The monoisotopic (exact) mass is 393 g/mol. The van der Waals surface area contributed by atoms with E-state index < -0.39 is 5.91 Å². The number of carbonyl (C=O) groups excluding carboxylic acids is 3. The summed E-state index contributed by atoms with van der Waals surface area (Å²) in [7, 11) is 1.59. The zero-order valence-electron chi connectivity index (χ0n) is 16.1. The lowest BCUT2D eigenvalue weighted by molar-refractivity contribution is -0.120. The number of nitrogens with one attached hydrogen (secondary N) is 3. The highest BCUT2D eigenvalue weighted by Crippen LogP contribution is 2.18. The molecule has 150 valence electrons. The van der Waals surface area contributed by atoms with Crippen LogP contribution >= 0.6 is 0 Å². The number of para-hydroxylation sites is 1. The minimum atomic E-state index is -0.425. The Balaban J connectivity index is 1.58. The maximum Gasteiger partial charge on any atom is 0.253 e. The minimum Gasteiger partial charge on any atom is -0.497 e. The van der Waals surface area contributed by atoms with E-state index in [1.165, 1.54) is 6.08 Å². The first kappa shape index (κ1) is 20.1. The Bertz CT molecular complexity index is 918. The Kier molecular flexibility index (Phi) is 6.63. The molecule has 1 fully saturated rings. The number of benzene rings is 2. The normalized spacial score (nSPS) is 13.0. The van der Waals surface area contributed by atoms with E-state index in [1.807, 2.05) is 12.1 Å². The van der Waals surface area contributed by atoms with Crippen molar-refractivity contribution in [2.45, 2.75) is 18.9 Å². The molecule has 3 amide bonds. The molecule has 7 nitrogen and oxygen atoms in total. The Morgan fingerprint density at radius 2 is 1.79 bits per heavy atom. The van der Waals surface area contributed by atoms with Gasteiger partial charge in [0.15, 0.2) is 0 Å². The van der Waals surface area contributed by atoms with Crippen molar-refractivity contribution in [2.24, 2.45) is 0 Å². The van der Waals surface area contributed by atoms with Crippen LogP contribution in [0.1, 0.15) is 28.8 Å². The highest BCUT2D eigenvalue weighted by atomic mass is 16.5. The fourth-order valence-corrected chi connectivity index (χ4v) is 2.61. The van der Waals surface area contributed by atoms with Gasteiger partial charge in [0.25, 0.3) is 5.91 Å². The lowest BCUT2D eigenvalue weighted by Gasteiger charge is -2.10. The summed E-state index contributed by atoms with van der Waals surface area (Å²) in [5.74, 6) is -0.277. The quantitative estimate of drug-likeness (QED) is 0.600. The predicted octanol–water partition coefficient (Wildman–Crippen LogP) is 2.36. The summed E-state index contributed by atoms with van der Waals surface area (Å²) in [4.78, 5) is 36.4. The first-order valence-electron chi connectivity index (χ1n) is 9.35. The smallest absolute Gasteiger partial charge is 0.253 e. The van der Waals surface area contributed by atoms with Gasteiger partial charge >= 0.3 is 0 Å². The van der Waals surface area contributed by atoms with Crippen LogP contribution in [0, 0.1) is 0 Å². The SMILES string of the molecule is COc1ccc(/C=C/C(=O)Nc2ccccc2C(=O)NCC(=O)NC2CC2)cc1. The highest BCUT2D eigenvalue weighted by Gasteiger charge is 2.23. The molecule has 0 spiro atoms. The maximum absolute atomic E-state index is 12.4. The molecule has 0 unspecified atom stereocenters. The van der Waals surface area contributed by atoms with Gasteiger partial charge in [-0.15, -0.1) is 0 Å². The number of ether oxygens (including phenoxy) is 1. The van der Waals surface area contributed by atoms with Crippen LogP contribution in [0.2, 0.25) is 0 Å². The van der Waals surface area contributed by atoms with E-state index in [1.54, 1.807) is 49.6 Å². The molecule has 0 aromatic heterocycles. The Hall–Kier alpha value is -3.61. The molecule has 29 heavy (non-hydrogen) atoms. The van der Waals surface area contributed by atoms with E-state index >= 15 is 0 Å².